The first-order valence-electron chi connectivity index (χ1n) is 5.95. The summed E-state index contributed by atoms with van der Waals surface area (Å²) >= 11 is 0. The molecule has 0 bridgehead atoms. The van der Waals surface area contributed by atoms with Gasteiger partial charge in [0.2, 0.25) is 5.96 Å². The molecule has 1 rings (SSSR count). The van der Waals surface area contributed by atoms with Gasteiger partial charge in [-0.05, 0) is 32.8 Å². The molecule has 0 atom stereocenters. The Labute approximate surface area is 103 Å². The molecule has 0 aliphatic heterocycles. The van der Waals surface area contributed by atoms with Gasteiger partial charge in [0.25, 0.3) is 0 Å². The summed E-state index contributed by atoms with van der Waals surface area (Å²) in [5.74, 6) is 6.03. The minimum absolute atomic E-state index is 0.323. The SMILES string of the molecule is Cc1cccc(CCN=C(NN)NC(C)C)c1. The number of benzene rings is 1. The van der Waals surface area contributed by atoms with Gasteiger partial charge in [0.1, 0.15) is 0 Å². The first kappa shape index (κ1) is 13.5. The smallest absolute Gasteiger partial charge is 0.205 e. The van der Waals surface area contributed by atoms with E-state index in [0.717, 1.165) is 13.0 Å². The second-order valence-electron chi connectivity index (χ2n) is 4.41. The third kappa shape index (κ3) is 5.36. The Bertz CT molecular complexity index is 371. The number of hydrogen-bond donors (Lipinski definition) is 3. The van der Waals surface area contributed by atoms with Crippen LogP contribution in [-0.2, 0) is 6.42 Å². The van der Waals surface area contributed by atoms with Crippen LogP contribution in [0.2, 0.25) is 0 Å². The van der Waals surface area contributed by atoms with Crippen LogP contribution in [0.5, 0.6) is 0 Å². The number of hydrazine groups is 1. The minimum Gasteiger partial charge on any atom is -0.353 e. The first-order chi connectivity index (χ1) is 8.11. The van der Waals surface area contributed by atoms with Crippen molar-refractivity contribution >= 4 is 5.96 Å². The van der Waals surface area contributed by atoms with Crippen LogP contribution < -0.4 is 16.6 Å². The molecule has 0 saturated carbocycles. The number of rotatable bonds is 4. The summed E-state index contributed by atoms with van der Waals surface area (Å²) in [6.45, 7) is 6.92. The molecule has 0 amide bonds. The Morgan fingerprint density at radius 1 is 1.41 bits per heavy atom. The number of aryl methyl sites for hydroxylation is 1. The van der Waals surface area contributed by atoms with Crippen molar-refractivity contribution in [3.63, 3.8) is 0 Å². The summed E-state index contributed by atoms with van der Waals surface area (Å²) < 4.78 is 0. The van der Waals surface area contributed by atoms with Gasteiger partial charge in [-0.3, -0.25) is 10.4 Å². The summed E-state index contributed by atoms with van der Waals surface area (Å²) in [6, 6.07) is 8.79. The summed E-state index contributed by atoms with van der Waals surface area (Å²) in [5, 5.41) is 3.14. The second-order valence-corrected chi connectivity index (χ2v) is 4.41. The fraction of sp³-hybridized carbons (Fsp3) is 0.462. The molecule has 0 spiro atoms. The van der Waals surface area contributed by atoms with E-state index in [1.807, 2.05) is 13.8 Å². The topological polar surface area (TPSA) is 62.4 Å². The molecule has 1 aromatic rings. The summed E-state index contributed by atoms with van der Waals surface area (Å²) in [5.41, 5.74) is 5.15. The third-order valence-electron chi connectivity index (χ3n) is 2.31. The molecule has 1 aromatic carbocycles. The fourth-order valence-corrected chi connectivity index (χ4v) is 1.57. The molecule has 17 heavy (non-hydrogen) atoms. The van der Waals surface area contributed by atoms with Crippen LogP contribution in [0.25, 0.3) is 0 Å². The zero-order valence-electron chi connectivity index (χ0n) is 10.8. The van der Waals surface area contributed by atoms with Gasteiger partial charge in [-0.15, -0.1) is 0 Å². The number of nitrogens with two attached hydrogens (primary N) is 1. The fourth-order valence-electron chi connectivity index (χ4n) is 1.57. The second kappa shape index (κ2) is 6.91. The lowest BCUT2D eigenvalue weighted by molar-refractivity contribution is 0.702. The average molecular weight is 234 g/mol. The van der Waals surface area contributed by atoms with Gasteiger partial charge in [-0.25, -0.2) is 5.84 Å². The van der Waals surface area contributed by atoms with Crippen molar-refractivity contribution in [2.45, 2.75) is 33.2 Å². The Balaban J connectivity index is 2.47. The number of aliphatic imine (C=N–C) groups is 1. The average Bonchev–Trinajstić information content (AvgIpc) is 2.27. The van der Waals surface area contributed by atoms with Gasteiger partial charge < -0.3 is 5.32 Å². The lowest BCUT2D eigenvalue weighted by Crippen LogP contribution is -2.44. The van der Waals surface area contributed by atoms with Crippen LogP contribution in [0.4, 0.5) is 0 Å². The van der Waals surface area contributed by atoms with Crippen LogP contribution >= 0.6 is 0 Å². The lowest BCUT2D eigenvalue weighted by atomic mass is 10.1. The van der Waals surface area contributed by atoms with Crippen LogP contribution in [-0.4, -0.2) is 18.5 Å². The number of guanidine groups is 1. The molecule has 0 aliphatic carbocycles. The maximum atomic E-state index is 5.38. The molecule has 0 aromatic heterocycles. The number of nitrogens with zero attached hydrogens (tertiary/aromatic N) is 1. The highest BCUT2D eigenvalue weighted by atomic mass is 15.3. The summed E-state index contributed by atoms with van der Waals surface area (Å²) in [6.07, 6.45) is 0.923. The van der Waals surface area contributed by atoms with E-state index in [1.165, 1.54) is 11.1 Å². The van der Waals surface area contributed by atoms with Crippen LogP contribution in [0.1, 0.15) is 25.0 Å². The molecule has 0 heterocycles. The molecular weight excluding hydrogens is 212 g/mol. The molecule has 4 heteroatoms. The van der Waals surface area contributed by atoms with Crippen molar-refractivity contribution in [2.75, 3.05) is 6.54 Å². The highest BCUT2D eigenvalue weighted by Gasteiger charge is 1.98. The van der Waals surface area contributed by atoms with E-state index in [1.54, 1.807) is 0 Å². The molecule has 0 radical (unpaired) electrons. The summed E-state index contributed by atoms with van der Waals surface area (Å²) in [4.78, 5) is 4.38. The van der Waals surface area contributed by atoms with Crippen LogP contribution in [0.15, 0.2) is 29.3 Å². The third-order valence-corrected chi connectivity index (χ3v) is 2.31. The Morgan fingerprint density at radius 2 is 2.18 bits per heavy atom. The molecule has 4 N–H and O–H groups in total. The Morgan fingerprint density at radius 3 is 2.76 bits per heavy atom. The predicted octanol–water partition coefficient (Wildman–Crippen LogP) is 1.35. The monoisotopic (exact) mass is 234 g/mol. The highest BCUT2D eigenvalue weighted by Crippen LogP contribution is 2.04. The van der Waals surface area contributed by atoms with Crippen molar-refractivity contribution in [3.8, 4) is 0 Å². The van der Waals surface area contributed by atoms with E-state index >= 15 is 0 Å². The van der Waals surface area contributed by atoms with Gasteiger partial charge in [0.15, 0.2) is 0 Å². The predicted molar refractivity (Wildman–Crippen MR) is 72.8 cm³/mol. The van der Waals surface area contributed by atoms with E-state index in [0.29, 0.717) is 12.0 Å². The van der Waals surface area contributed by atoms with Crippen LogP contribution in [0.3, 0.4) is 0 Å². The standard InChI is InChI=1S/C13H22N4/c1-10(2)16-13(17-14)15-8-7-12-6-4-5-11(3)9-12/h4-6,9-10H,7-8,14H2,1-3H3,(H2,15,16,17). The largest absolute Gasteiger partial charge is 0.353 e. The van der Waals surface area contributed by atoms with E-state index in [4.69, 9.17) is 5.84 Å². The molecule has 0 aliphatic rings. The van der Waals surface area contributed by atoms with Gasteiger partial charge in [-0.1, -0.05) is 29.8 Å². The van der Waals surface area contributed by atoms with E-state index in [2.05, 4.69) is 46.9 Å². The maximum Gasteiger partial charge on any atom is 0.205 e. The van der Waals surface area contributed by atoms with E-state index in [9.17, 15) is 0 Å². The molecule has 0 unspecified atom stereocenters. The molecular formula is C13H22N4. The van der Waals surface area contributed by atoms with Crippen molar-refractivity contribution in [1.82, 2.24) is 10.7 Å². The Kier molecular flexibility index (Phi) is 5.49. The van der Waals surface area contributed by atoms with Gasteiger partial charge in [0, 0.05) is 12.6 Å². The highest BCUT2D eigenvalue weighted by molar-refractivity contribution is 5.79. The molecule has 4 nitrogen and oxygen atoms in total. The van der Waals surface area contributed by atoms with Crippen molar-refractivity contribution in [3.05, 3.63) is 35.4 Å². The van der Waals surface area contributed by atoms with Crippen LogP contribution in [0, 0.1) is 6.92 Å². The zero-order valence-corrected chi connectivity index (χ0v) is 10.8. The quantitative estimate of drug-likeness (QED) is 0.319. The van der Waals surface area contributed by atoms with Gasteiger partial charge in [0.05, 0.1) is 0 Å². The maximum absolute atomic E-state index is 5.38. The van der Waals surface area contributed by atoms with E-state index in [-0.39, 0.29) is 0 Å². The Hall–Kier alpha value is -1.55. The van der Waals surface area contributed by atoms with Crippen molar-refractivity contribution in [2.24, 2.45) is 10.8 Å². The minimum atomic E-state index is 0.323. The normalized spacial score (nSPS) is 11.7. The zero-order chi connectivity index (χ0) is 12.7. The van der Waals surface area contributed by atoms with Crippen molar-refractivity contribution < 1.29 is 0 Å². The number of hydrogen-bond acceptors (Lipinski definition) is 2. The molecule has 0 fully saturated rings. The van der Waals surface area contributed by atoms with Gasteiger partial charge in [-0.2, -0.15) is 0 Å². The molecule has 0 saturated heterocycles. The number of nitrogens with one attached hydrogen (secondary N) is 2. The lowest BCUT2D eigenvalue weighted by Gasteiger charge is -2.11. The van der Waals surface area contributed by atoms with Crippen molar-refractivity contribution in [1.29, 1.82) is 0 Å². The van der Waals surface area contributed by atoms with Gasteiger partial charge >= 0.3 is 0 Å². The first-order valence-corrected chi connectivity index (χ1v) is 5.95. The summed E-state index contributed by atoms with van der Waals surface area (Å²) in [7, 11) is 0. The van der Waals surface area contributed by atoms with E-state index < -0.39 is 0 Å². The molecule has 94 valence electrons.